The third kappa shape index (κ3) is 2.14. The number of hydrogen-bond acceptors (Lipinski definition) is 3. The molecule has 0 saturated carbocycles. The first kappa shape index (κ1) is 18.0. The molecule has 4 aromatic heterocycles. The highest BCUT2D eigenvalue weighted by Gasteiger charge is 2.21. The average Bonchev–Trinajstić information content (AvgIpc) is 3.59. The van der Waals surface area contributed by atoms with Crippen molar-refractivity contribution in [3.05, 3.63) is 97.1 Å². The van der Waals surface area contributed by atoms with Crippen LogP contribution in [0.15, 0.2) is 101 Å². The summed E-state index contributed by atoms with van der Waals surface area (Å²) in [5.41, 5.74) is 5.97. The van der Waals surface area contributed by atoms with Crippen molar-refractivity contribution in [3.8, 4) is 0 Å². The van der Waals surface area contributed by atoms with Crippen LogP contribution in [-0.4, -0.2) is 9.38 Å². The highest BCUT2D eigenvalue weighted by atomic mass is 32.1. The topological polar surface area (TPSA) is 30.4 Å². The average molecular weight is 465 g/mol. The van der Waals surface area contributed by atoms with E-state index in [2.05, 4.69) is 95.4 Å². The lowest BCUT2D eigenvalue weighted by atomic mass is 10.0. The van der Waals surface area contributed by atoms with Gasteiger partial charge in [0.2, 0.25) is 0 Å². The Morgan fingerprint density at radius 2 is 1.37 bits per heavy atom. The first-order chi connectivity index (χ1) is 17.4. The summed E-state index contributed by atoms with van der Waals surface area (Å²) < 4.78 is 11.5. The third-order valence-electron chi connectivity index (χ3n) is 7.36. The zero-order valence-electron chi connectivity index (χ0n) is 18.4. The van der Waals surface area contributed by atoms with E-state index in [9.17, 15) is 0 Å². The lowest BCUT2D eigenvalue weighted by Gasteiger charge is -2.10. The molecule has 162 valence electrons. The van der Waals surface area contributed by atoms with E-state index in [0.29, 0.717) is 0 Å². The van der Waals surface area contributed by atoms with Crippen molar-refractivity contribution in [2.75, 3.05) is 0 Å². The molecule has 0 aliphatic carbocycles. The van der Waals surface area contributed by atoms with Gasteiger partial charge in [-0.2, -0.15) is 0 Å². The van der Waals surface area contributed by atoms with E-state index >= 15 is 0 Å². The Hall–Kier alpha value is -4.41. The van der Waals surface area contributed by atoms with Crippen LogP contribution < -0.4 is 0 Å². The Morgan fingerprint density at radius 1 is 0.629 bits per heavy atom. The minimum absolute atomic E-state index is 0.910. The molecule has 0 aliphatic heterocycles. The van der Waals surface area contributed by atoms with Crippen LogP contribution >= 0.6 is 11.3 Å². The predicted molar refractivity (Wildman–Crippen MR) is 148 cm³/mol. The van der Waals surface area contributed by atoms with Crippen LogP contribution in [0.3, 0.4) is 0 Å². The molecule has 0 spiro atoms. The predicted octanol–water partition coefficient (Wildman–Crippen LogP) is 9.06. The summed E-state index contributed by atoms with van der Waals surface area (Å²) in [7, 11) is 0. The molecule has 4 heteroatoms. The summed E-state index contributed by atoms with van der Waals surface area (Å²) in [6.07, 6.45) is 0. The van der Waals surface area contributed by atoms with Gasteiger partial charge in [-0.25, -0.2) is 4.98 Å². The maximum absolute atomic E-state index is 6.57. The molecule has 0 radical (unpaired) electrons. The summed E-state index contributed by atoms with van der Waals surface area (Å²) >= 11 is 1.86. The van der Waals surface area contributed by atoms with E-state index in [1.807, 2.05) is 17.4 Å². The monoisotopic (exact) mass is 464 g/mol. The number of para-hydroxylation sites is 3. The first-order valence-electron chi connectivity index (χ1n) is 11.7. The Balaban J connectivity index is 1.66. The third-order valence-corrected chi connectivity index (χ3v) is 8.57. The fraction of sp³-hybridized carbons (Fsp3) is 0. The molecule has 0 atom stereocenters. The van der Waals surface area contributed by atoms with E-state index in [4.69, 9.17) is 9.40 Å². The van der Waals surface area contributed by atoms with Crippen molar-refractivity contribution in [2.24, 2.45) is 0 Å². The van der Waals surface area contributed by atoms with Crippen LogP contribution in [0.25, 0.3) is 80.5 Å². The van der Waals surface area contributed by atoms with Gasteiger partial charge in [0, 0.05) is 47.1 Å². The van der Waals surface area contributed by atoms with Crippen LogP contribution in [0.2, 0.25) is 0 Å². The van der Waals surface area contributed by atoms with Crippen LogP contribution in [0.5, 0.6) is 0 Å². The standard InChI is InChI=1S/C31H16N2OS/c1-5-11-25-17(7-1)19-13-15-21-27-22(16-14-20-18-8-2-6-12-26(18)35-30(20)27)31-32-23-9-3-4-10-24(23)33(31)28(21)29(19)34-25/h1-16H. The number of furan rings is 1. The highest BCUT2D eigenvalue weighted by Crippen LogP contribution is 2.45. The van der Waals surface area contributed by atoms with Crippen molar-refractivity contribution in [1.82, 2.24) is 9.38 Å². The number of imidazole rings is 1. The van der Waals surface area contributed by atoms with E-state index < -0.39 is 0 Å². The maximum atomic E-state index is 6.57. The minimum Gasteiger partial charge on any atom is -0.454 e. The molecule has 0 bridgehead atoms. The molecule has 0 amide bonds. The normalized spacial score (nSPS) is 12.6. The number of rotatable bonds is 0. The molecule has 0 N–H and O–H groups in total. The van der Waals surface area contributed by atoms with Gasteiger partial charge in [-0.05, 0) is 36.4 Å². The van der Waals surface area contributed by atoms with Crippen LogP contribution in [0.1, 0.15) is 0 Å². The zero-order valence-corrected chi connectivity index (χ0v) is 19.3. The van der Waals surface area contributed by atoms with E-state index in [1.54, 1.807) is 0 Å². The zero-order chi connectivity index (χ0) is 22.7. The van der Waals surface area contributed by atoms with Gasteiger partial charge in [-0.3, -0.25) is 4.40 Å². The highest BCUT2D eigenvalue weighted by molar-refractivity contribution is 7.26. The lowest BCUT2D eigenvalue weighted by Crippen LogP contribution is -1.92. The second-order valence-electron chi connectivity index (χ2n) is 9.16. The van der Waals surface area contributed by atoms with Crippen molar-refractivity contribution >= 4 is 91.8 Å². The number of thiophene rings is 1. The number of hydrogen-bond donors (Lipinski definition) is 0. The molecule has 4 heterocycles. The Kier molecular flexibility index (Phi) is 3.17. The molecule has 0 aliphatic rings. The maximum Gasteiger partial charge on any atom is 0.160 e. The van der Waals surface area contributed by atoms with Gasteiger partial charge in [-0.15, -0.1) is 11.3 Å². The largest absolute Gasteiger partial charge is 0.454 e. The molecule has 0 unspecified atom stereocenters. The van der Waals surface area contributed by atoms with Gasteiger partial charge in [0.05, 0.1) is 16.6 Å². The summed E-state index contributed by atoms with van der Waals surface area (Å²) in [4.78, 5) is 5.14. The van der Waals surface area contributed by atoms with Crippen LogP contribution in [0.4, 0.5) is 0 Å². The number of aromatic nitrogens is 2. The number of pyridine rings is 1. The Morgan fingerprint density at radius 3 is 2.34 bits per heavy atom. The van der Waals surface area contributed by atoms with Gasteiger partial charge in [0.15, 0.2) is 5.58 Å². The molecule has 9 rings (SSSR count). The molecule has 0 saturated heterocycles. The summed E-state index contributed by atoms with van der Waals surface area (Å²) in [6.45, 7) is 0. The van der Waals surface area contributed by atoms with E-state index in [1.165, 1.54) is 36.3 Å². The molecule has 5 aromatic carbocycles. The second kappa shape index (κ2) is 6.17. The Labute approximate surface area is 202 Å². The van der Waals surface area contributed by atoms with Gasteiger partial charge >= 0.3 is 0 Å². The van der Waals surface area contributed by atoms with Crippen molar-refractivity contribution in [1.29, 1.82) is 0 Å². The molecule has 0 fully saturated rings. The minimum atomic E-state index is 0.910. The summed E-state index contributed by atoms with van der Waals surface area (Å²) in [5, 5.41) is 8.49. The smallest absolute Gasteiger partial charge is 0.160 e. The number of benzene rings is 5. The lowest BCUT2D eigenvalue weighted by molar-refractivity contribution is 0.671. The quantitative estimate of drug-likeness (QED) is 0.210. The Bertz CT molecular complexity index is 2330. The van der Waals surface area contributed by atoms with Crippen molar-refractivity contribution in [2.45, 2.75) is 0 Å². The van der Waals surface area contributed by atoms with Gasteiger partial charge in [0.1, 0.15) is 11.2 Å². The van der Waals surface area contributed by atoms with Gasteiger partial charge < -0.3 is 4.42 Å². The van der Waals surface area contributed by atoms with Gasteiger partial charge in [0.25, 0.3) is 0 Å². The van der Waals surface area contributed by atoms with Crippen LogP contribution in [-0.2, 0) is 0 Å². The number of fused-ring (bicyclic) bond motifs is 16. The van der Waals surface area contributed by atoms with E-state index in [0.717, 1.165) is 44.1 Å². The van der Waals surface area contributed by atoms with Crippen LogP contribution in [0, 0.1) is 0 Å². The molecule has 9 aromatic rings. The first-order valence-corrected chi connectivity index (χ1v) is 12.6. The van der Waals surface area contributed by atoms with Crippen molar-refractivity contribution in [3.63, 3.8) is 0 Å². The van der Waals surface area contributed by atoms with Gasteiger partial charge in [-0.1, -0.05) is 60.7 Å². The molecule has 35 heavy (non-hydrogen) atoms. The number of nitrogens with zero attached hydrogens (tertiary/aromatic N) is 2. The summed E-state index contributed by atoms with van der Waals surface area (Å²) in [6, 6.07) is 34.4. The van der Waals surface area contributed by atoms with E-state index in [-0.39, 0.29) is 0 Å². The molecular formula is C31H16N2OS. The van der Waals surface area contributed by atoms with Crippen molar-refractivity contribution < 1.29 is 4.42 Å². The molecule has 3 nitrogen and oxygen atoms in total. The second-order valence-corrected chi connectivity index (χ2v) is 10.2. The fourth-order valence-corrected chi connectivity index (χ4v) is 7.14. The SMILES string of the molecule is c1ccc2c(c1)nc1c3ccc4c5ccccc5sc4c3c3ccc4c5ccccc5oc4c3n21. The fourth-order valence-electron chi connectivity index (χ4n) is 5.87. The summed E-state index contributed by atoms with van der Waals surface area (Å²) in [5.74, 6) is 0. The molecular weight excluding hydrogens is 448 g/mol.